The van der Waals surface area contributed by atoms with Gasteiger partial charge in [0.2, 0.25) is 5.91 Å². The second-order valence-corrected chi connectivity index (χ2v) is 24.6. The Labute approximate surface area is 501 Å². The van der Waals surface area contributed by atoms with Crippen molar-refractivity contribution in [3.8, 4) is 0 Å². The first-order chi connectivity index (χ1) is 39.7. The summed E-state index contributed by atoms with van der Waals surface area (Å²) >= 11 is 0. The number of allylic oxidation sites excluding steroid dienone is 11. The second kappa shape index (κ2) is 71.1. The number of amides is 1. The van der Waals surface area contributed by atoms with E-state index in [0.29, 0.717) is 6.42 Å². The van der Waals surface area contributed by atoms with Gasteiger partial charge in [-0.05, 0) is 83.5 Å². The maximum absolute atomic E-state index is 12.5. The summed E-state index contributed by atoms with van der Waals surface area (Å²) < 4.78 is 0. The highest BCUT2D eigenvalue weighted by Crippen LogP contribution is 2.19. The largest absolute Gasteiger partial charge is 0.394 e. The first-order valence-corrected chi connectivity index (χ1v) is 36.2. The highest BCUT2D eigenvalue weighted by molar-refractivity contribution is 5.76. The van der Waals surface area contributed by atoms with Gasteiger partial charge in [0.25, 0.3) is 0 Å². The third-order valence-electron chi connectivity index (χ3n) is 16.6. The molecule has 468 valence electrons. The van der Waals surface area contributed by atoms with Crippen LogP contribution in [0.5, 0.6) is 0 Å². The number of aliphatic hydroxyl groups excluding tert-OH is 2. The summed E-state index contributed by atoms with van der Waals surface area (Å²) in [7, 11) is 0. The monoisotopic (exact) mass is 1120 g/mol. The van der Waals surface area contributed by atoms with Gasteiger partial charge in [0.15, 0.2) is 0 Å². The molecule has 0 heterocycles. The molecule has 3 N–H and O–H groups in total. The Morgan fingerprint density at radius 2 is 0.525 bits per heavy atom. The van der Waals surface area contributed by atoms with Crippen molar-refractivity contribution in [2.24, 2.45) is 0 Å². The van der Waals surface area contributed by atoms with Crippen LogP contribution < -0.4 is 5.32 Å². The summed E-state index contributed by atoms with van der Waals surface area (Å²) in [6.45, 7) is 4.32. The molecule has 0 aliphatic heterocycles. The second-order valence-electron chi connectivity index (χ2n) is 24.6. The molecule has 80 heavy (non-hydrogen) atoms. The molecule has 0 spiro atoms. The van der Waals surface area contributed by atoms with Gasteiger partial charge in [0, 0.05) is 6.42 Å². The molecule has 0 bridgehead atoms. The summed E-state index contributed by atoms with van der Waals surface area (Å²) in [4.78, 5) is 12.5. The van der Waals surface area contributed by atoms with Crippen molar-refractivity contribution < 1.29 is 15.0 Å². The Bertz CT molecular complexity index is 1360. The molecule has 0 aliphatic rings. The molecule has 0 fully saturated rings. The van der Waals surface area contributed by atoms with Crippen LogP contribution in [0.15, 0.2) is 72.9 Å². The summed E-state index contributed by atoms with van der Waals surface area (Å²) in [6, 6.07) is -0.648. The number of hydrogen-bond acceptors (Lipinski definition) is 3. The predicted molar refractivity (Wildman–Crippen MR) is 359 cm³/mol. The van der Waals surface area contributed by atoms with Gasteiger partial charge in [-0.15, -0.1) is 0 Å². The molecule has 4 nitrogen and oxygen atoms in total. The first kappa shape index (κ1) is 77.8. The molecular weight excluding hydrogens is 975 g/mol. The highest BCUT2D eigenvalue weighted by Gasteiger charge is 2.18. The fourth-order valence-corrected chi connectivity index (χ4v) is 11.2. The van der Waals surface area contributed by atoms with Crippen molar-refractivity contribution in [3.05, 3.63) is 72.9 Å². The molecule has 0 aromatic rings. The van der Waals surface area contributed by atoms with Crippen molar-refractivity contribution in [3.63, 3.8) is 0 Å². The number of rotatable bonds is 67. The summed E-state index contributed by atoms with van der Waals surface area (Å²) in [5.74, 6) is -0.0717. The number of hydrogen-bond donors (Lipinski definition) is 3. The molecule has 2 atom stereocenters. The third kappa shape index (κ3) is 66.6. The van der Waals surface area contributed by atoms with Crippen LogP contribution >= 0.6 is 0 Å². The van der Waals surface area contributed by atoms with Gasteiger partial charge < -0.3 is 15.5 Å². The van der Waals surface area contributed by atoms with E-state index in [1.165, 1.54) is 315 Å². The highest BCUT2D eigenvalue weighted by atomic mass is 16.3. The molecule has 0 aliphatic carbocycles. The third-order valence-corrected chi connectivity index (χ3v) is 16.6. The van der Waals surface area contributed by atoms with Gasteiger partial charge in [0.05, 0.1) is 18.8 Å². The number of aliphatic hydroxyl groups is 2. The number of unbranched alkanes of at least 4 members (excludes halogenated alkanes) is 50. The van der Waals surface area contributed by atoms with Crippen LogP contribution in [0, 0.1) is 0 Å². The van der Waals surface area contributed by atoms with Crippen LogP contribution in [-0.4, -0.2) is 34.9 Å². The van der Waals surface area contributed by atoms with E-state index >= 15 is 0 Å². The first-order valence-electron chi connectivity index (χ1n) is 36.2. The summed E-state index contributed by atoms with van der Waals surface area (Å²) in [5, 5.41) is 23.3. The smallest absolute Gasteiger partial charge is 0.220 e. The topological polar surface area (TPSA) is 69.6 Å². The van der Waals surface area contributed by atoms with Crippen molar-refractivity contribution in [2.75, 3.05) is 6.61 Å². The number of carbonyl (C=O) groups excluding carboxylic acids is 1. The zero-order valence-corrected chi connectivity index (χ0v) is 54.1. The van der Waals surface area contributed by atoms with Crippen LogP contribution in [0.3, 0.4) is 0 Å². The van der Waals surface area contributed by atoms with Crippen LogP contribution in [0.4, 0.5) is 0 Å². The molecule has 0 radical (unpaired) electrons. The molecule has 2 unspecified atom stereocenters. The van der Waals surface area contributed by atoms with Gasteiger partial charge in [-0.2, -0.15) is 0 Å². The lowest BCUT2D eigenvalue weighted by atomic mass is 10.0. The average molecular weight is 1120 g/mol. The fraction of sp³-hybridized carbons (Fsp3) is 0.829. The minimum absolute atomic E-state index is 0.0717. The van der Waals surface area contributed by atoms with Crippen LogP contribution in [0.1, 0.15) is 386 Å². The Balaban J connectivity index is 3.45. The normalized spacial score (nSPS) is 13.1. The van der Waals surface area contributed by atoms with Crippen molar-refractivity contribution >= 4 is 5.91 Å². The zero-order chi connectivity index (χ0) is 57.6. The van der Waals surface area contributed by atoms with E-state index < -0.39 is 12.1 Å². The van der Waals surface area contributed by atoms with Crippen LogP contribution in [0.25, 0.3) is 0 Å². The maximum atomic E-state index is 12.5. The Kier molecular flexibility index (Phi) is 69.2. The van der Waals surface area contributed by atoms with Crippen molar-refractivity contribution in [1.29, 1.82) is 0 Å². The van der Waals surface area contributed by atoms with E-state index in [-0.39, 0.29) is 12.5 Å². The average Bonchev–Trinajstić information content (AvgIpc) is 3.46. The lowest BCUT2D eigenvalue weighted by Crippen LogP contribution is -2.45. The van der Waals surface area contributed by atoms with E-state index in [1.54, 1.807) is 6.08 Å². The van der Waals surface area contributed by atoms with Gasteiger partial charge >= 0.3 is 0 Å². The molecule has 0 saturated carbocycles. The molecular formula is C76H141NO3. The quantitative estimate of drug-likeness (QED) is 0.0420. The van der Waals surface area contributed by atoms with Gasteiger partial charge in [-0.3, -0.25) is 4.79 Å². The van der Waals surface area contributed by atoms with Crippen molar-refractivity contribution in [1.82, 2.24) is 5.32 Å². The Morgan fingerprint density at radius 1 is 0.300 bits per heavy atom. The van der Waals surface area contributed by atoms with E-state index in [9.17, 15) is 15.0 Å². The predicted octanol–water partition coefficient (Wildman–Crippen LogP) is 24.8. The molecule has 4 heteroatoms. The van der Waals surface area contributed by atoms with Crippen LogP contribution in [0.2, 0.25) is 0 Å². The van der Waals surface area contributed by atoms with E-state index in [2.05, 4.69) is 79.9 Å². The molecule has 0 aromatic heterocycles. The standard InChI is InChI=1S/C76H141NO3/c1-3-5-7-9-11-13-15-17-19-21-23-25-27-29-31-32-33-34-35-36-37-38-39-40-41-42-43-44-46-48-50-52-54-56-58-60-62-64-66-68-70-72-76(80)77-74(73-78)75(79)71-69-67-65-63-61-59-57-55-53-51-49-47-45-30-28-26-24-22-20-18-16-14-12-10-8-6-4-2/h15,17,21,23,27,29,53,55,61,63,69,71,74-75,78-79H,3-14,16,18-20,22,24-26,28,30-52,54,56-60,62,64-68,70,72-73H2,1-2H3,(H,77,80)/b17-15-,23-21-,29-27-,55-53+,63-61+,71-69+. The number of carbonyl (C=O) groups is 1. The molecule has 0 aromatic carbocycles. The summed E-state index contributed by atoms with van der Waals surface area (Å²) in [5.41, 5.74) is 0. The minimum Gasteiger partial charge on any atom is -0.394 e. The maximum Gasteiger partial charge on any atom is 0.220 e. The molecule has 0 rings (SSSR count). The SMILES string of the molecule is CCCCCCC/C=C\C/C=C\C/C=C\CCCCCCCCCCCCCCCCCCCCCCCCCCCCC(=O)NC(CO)C(O)/C=C/CC/C=C/CC/C=C/CCCCCCCCCCCCCCCCCCC. The van der Waals surface area contributed by atoms with Gasteiger partial charge in [0.1, 0.15) is 0 Å². The lowest BCUT2D eigenvalue weighted by molar-refractivity contribution is -0.123. The minimum atomic E-state index is -0.873. The van der Waals surface area contributed by atoms with Gasteiger partial charge in [-0.1, -0.05) is 369 Å². The van der Waals surface area contributed by atoms with Gasteiger partial charge in [-0.25, -0.2) is 0 Å². The fourth-order valence-electron chi connectivity index (χ4n) is 11.2. The van der Waals surface area contributed by atoms with Crippen molar-refractivity contribution in [2.45, 2.75) is 398 Å². The zero-order valence-electron chi connectivity index (χ0n) is 54.1. The van der Waals surface area contributed by atoms with E-state index in [1.807, 2.05) is 6.08 Å². The Hall–Kier alpha value is -2.17. The lowest BCUT2D eigenvalue weighted by Gasteiger charge is -2.19. The summed E-state index contributed by atoms with van der Waals surface area (Å²) in [6.07, 6.45) is 103. The van der Waals surface area contributed by atoms with E-state index in [0.717, 1.165) is 51.4 Å². The van der Waals surface area contributed by atoms with E-state index in [4.69, 9.17) is 0 Å². The molecule has 0 saturated heterocycles. The molecule has 1 amide bonds. The number of nitrogens with one attached hydrogen (secondary N) is 1. The van der Waals surface area contributed by atoms with Crippen LogP contribution in [-0.2, 0) is 4.79 Å². The Morgan fingerprint density at radius 3 is 0.812 bits per heavy atom.